The maximum Gasteiger partial charge on any atom is 0.308 e. The summed E-state index contributed by atoms with van der Waals surface area (Å²) in [7, 11) is 1.40. The number of halogens is 1. The molecule has 5 rings (SSSR count). The normalized spacial score (nSPS) is 18.9. The van der Waals surface area contributed by atoms with Crippen LogP contribution >= 0.6 is 0 Å². The van der Waals surface area contributed by atoms with E-state index in [-0.39, 0.29) is 46.6 Å². The number of hydrogen-bond donors (Lipinski definition) is 1. The van der Waals surface area contributed by atoms with Gasteiger partial charge >= 0.3 is 5.97 Å². The number of amides is 1. The van der Waals surface area contributed by atoms with E-state index in [1.807, 2.05) is 30.3 Å². The van der Waals surface area contributed by atoms with Gasteiger partial charge in [0.1, 0.15) is 5.82 Å². The van der Waals surface area contributed by atoms with Gasteiger partial charge in [0.2, 0.25) is 11.6 Å². The Morgan fingerprint density at radius 3 is 2.34 bits per heavy atom. The van der Waals surface area contributed by atoms with Crippen molar-refractivity contribution in [1.29, 1.82) is 0 Å². The molecule has 0 saturated heterocycles. The molecule has 1 aliphatic rings. The second-order valence-corrected chi connectivity index (χ2v) is 9.01. The Bertz CT molecular complexity index is 1460. The lowest BCUT2D eigenvalue weighted by molar-refractivity contribution is -0.132. The van der Waals surface area contributed by atoms with Crippen molar-refractivity contribution in [3.63, 3.8) is 0 Å². The van der Waals surface area contributed by atoms with E-state index in [1.165, 1.54) is 38.4 Å². The predicted octanol–water partition coefficient (Wildman–Crippen LogP) is 4.69. The molecule has 0 bridgehead atoms. The number of esters is 1. The lowest BCUT2D eigenvalue weighted by atomic mass is 10.0. The maximum atomic E-state index is 13.5. The van der Waals surface area contributed by atoms with Crippen LogP contribution < -0.4 is 14.8 Å². The van der Waals surface area contributed by atoms with Crippen molar-refractivity contribution in [2.75, 3.05) is 7.11 Å². The zero-order chi connectivity index (χ0) is 26.8. The smallest absolute Gasteiger partial charge is 0.308 e. The van der Waals surface area contributed by atoms with Crippen LogP contribution in [-0.4, -0.2) is 34.1 Å². The summed E-state index contributed by atoms with van der Waals surface area (Å²) in [6.45, 7) is 2.93. The maximum absolute atomic E-state index is 13.5. The lowest BCUT2D eigenvalue weighted by Gasteiger charge is -2.14. The summed E-state index contributed by atoms with van der Waals surface area (Å²) < 4.78 is 29.6. The van der Waals surface area contributed by atoms with Crippen LogP contribution in [0.4, 0.5) is 4.39 Å². The minimum Gasteiger partial charge on any atom is -0.493 e. The summed E-state index contributed by atoms with van der Waals surface area (Å²) in [5.74, 6) is -0.640. The van der Waals surface area contributed by atoms with Gasteiger partial charge in [0.15, 0.2) is 17.3 Å². The Balaban J connectivity index is 1.37. The molecule has 9 nitrogen and oxygen atoms in total. The third kappa shape index (κ3) is 4.97. The topological polar surface area (TPSA) is 116 Å². The Morgan fingerprint density at radius 1 is 1.00 bits per heavy atom. The molecular weight excluding hydrogens is 491 g/mol. The number of hydrogen-bond acceptors (Lipinski definition) is 8. The first-order valence-electron chi connectivity index (χ1n) is 12.0. The molecule has 38 heavy (non-hydrogen) atoms. The number of carbonyl (C=O) groups is 2. The molecule has 3 unspecified atom stereocenters. The first-order valence-corrected chi connectivity index (χ1v) is 12.0. The molecule has 4 aromatic rings. The summed E-state index contributed by atoms with van der Waals surface area (Å²) in [4.78, 5) is 33.2. The molecule has 1 fully saturated rings. The molecule has 4 atom stereocenters. The van der Waals surface area contributed by atoms with Crippen molar-refractivity contribution in [1.82, 2.24) is 20.4 Å². The van der Waals surface area contributed by atoms with Crippen LogP contribution in [-0.2, 0) is 4.79 Å². The zero-order valence-electron chi connectivity index (χ0n) is 20.9. The van der Waals surface area contributed by atoms with E-state index >= 15 is 0 Å². The summed E-state index contributed by atoms with van der Waals surface area (Å²) in [6.07, 6.45) is 1.38. The molecule has 1 saturated carbocycles. The monoisotopic (exact) mass is 516 g/mol. The molecule has 1 amide bonds. The van der Waals surface area contributed by atoms with Crippen molar-refractivity contribution >= 4 is 11.9 Å². The number of ether oxygens (including phenoxy) is 2. The summed E-state index contributed by atoms with van der Waals surface area (Å²) >= 11 is 0. The highest BCUT2D eigenvalue weighted by Gasteiger charge is 2.55. The number of methoxy groups -OCH3 is 1. The van der Waals surface area contributed by atoms with Crippen LogP contribution in [0.2, 0.25) is 0 Å². The SMILES string of the molecule is COc1ccnc(C(=O)N[C@@H](C)c2noc(C3C(c4ccccc4)C3c3ccc(F)cc3)n2)c1OC(C)=O. The Morgan fingerprint density at radius 2 is 1.68 bits per heavy atom. The number of nitrogens with zero attached hydrogens (tertiary/aromatic N) is 3. The van der Waals surface area contributed by atoms with Crippen molar-refractivity contribution in [3.05, 3.63) is 101 Å². The number of rotatable bonds is 8. The molecular formula is C28H25FN4O5. The van der Waals surface area contributed by atoms with Gasteiger partial charge < -0.3 is 19.3 Å². The average Bonchev–Trinajstić information content (AvgIpc) is 3.46. The van der Waals surface area contributed by atoms with Crippen LogP contribution in [0, 0.1) is 5.82 Å². The number of nitrogens with one attached hydrogen (secondary N) is 1. The number of benzene rings is 2. The second-order valence-electron chi connectivity index (χ2n) is 9.01. The lowest BCUT2D eigenvalue weighted by Crippen LogP contribution is -2.29. The molecule has 1 N–H and O–H groups in total. The third-order valence-electron chi connectivity index (χ3n) is 6.49. The Labute approximate surface area is 218 Å². The van der Waals surface area contributed by atoms with Crippen molar-refractivity contribution < 1.29 is 28.0 Å². The van der Waals surface area contributed by atoms with Gasteiger partial charge in [-0.3, -0.25) is 9.59 Å². The minimum atomic E-state index is -0.642. The van der Waals surface area contributed by atoms with Crippen LogP contribution in [0.5, 0.6) is 11.5 Å². The molecule has 0 aliphatic heterocycles. The number of aromatic nitrogens is 3. The minimum absolute atomic E-state index is 0.0449. The first-order chi connectivity index (χ1) is 18.4. The van der Waals surface area contributed by atoms with Gasteiger partial charge in [0, 0.05) is 31.0 Å². The van der Waals surface area contributed by atoms with Gasteiger partial charge in [-0.2, -0.15) is 4.98 Å². The van der Waals surface area contributed by atoms with E-state index in [2.05, 4.69) is 20.4 Å². The largest absolute Gasteiger partial charge is 0.493 e. The predicted molar refractivity (Wildman–Crippen MR) is 133 cm³/mol. The van der Waals surface area contributed by atoms with Gasteiger partial charge in [0.05, 0.1) is 19.1 Å². The summed E-state index contributed by atoms with van der Waals surface area (Å²) in [5, 5.41) is 6.87. The summed E-state index contributed by atoms with van der Waals surface area (Å²) in [5.41, 5.74) is 1.99. The fourth-order valence-corrected chi connectivity index (χ4v) is 4.69. The van der Waals surface area contributed by atoms with E-state index < -0.39 is 17.9 Å². The van der Waals surface area contributed by atoms with E-state index in [0.29, 0.717) is 5.89 Å². The Hall–Kier alpha value is -4.60. The highest BCUT2D eigenvalue weighted by molar-refractivity contribution is 5.96. The number of carbonyl (C=O) groups excluding carboxylic acids is 2. The van der Waals surface area contributed by atoms with Crippen molar-refractivity contribution in [3.8, 4) is 11.5 Å². The molecule has 0 radical (unpaired) electrons. The molecule has 10 heteroatoms. The second kappa shape index (κ2) is 10.4. The Kier molecular flexibility index (Phi) is 6.87. The van der Waals surface area contributed by atoms with Crippen molar-refractivity contribution in [2.24, 2.45) is 0 Å². The van der Waals surface area contributed by atoms with Gasteiger partial charge in [0.25, 0.3) is 5.91 Å². The first kappa shape index (κ1) is 25.1. The van der Waals surface area contributed by atoms with Crippen LogP contribution in [0.15, 0.2) is 71.4 Å². The van der Waals surface area contributed by atoms with Gasteiger partial charge in [-0.15, -0.1) is 0 Å². The van der Waals surface area contributed by atoms with Crippen molar-refractivity contribution in [2.45, 2.75) is 37.6 Å². The van der Waals surface area contributed by atoms with Crippen LogP contribution in [0.3, 0.4) is 0 Å². The highest BCUT2D eigenvalue weighted by atomic mass is 19.1. The van der Waals surface area contributed by atoms with Gasteiger partial charge in [-0.05, 0) is 30.2 Å². The fourth-order valence-electron chi connectivity index (χ4n) is 4.69. The number of pyridine rings is 1. The van der Waals surface area contributed by atoms with E-state index in [0.717, 1.165) is 11.1 Å². The quantitative estimate of drug-likeness (QED) is 0.335. The fraction of sp³-hybridized carbons (Fsp3) is 0.250. The molecule has 1 aliphatic carbocycles. The van der Waals surface area contributed by atoms with E-state index in [4.69, 9.17) is 14.0 Å². The summed E-state index contributed by atoms with van der Waals surface area (Å²) in [6, 6.07) is 17.3. The molecule has 0 spiro atoms. The molecule has 194 valence electrons. The average molecular weight is 517 g/mol. The highest BCUT2D eigenvalue weighted by Crippen LogP contribution is 2.65. The van der Waals surface area contributed by atoms with E-state index in [9.17, 15) is 14.0 Å². The van der Waals surface area contributed by atoms with Crippen LogP contribution in [0.1, 0.15) is 71.0 Å². The van der Waals surface area contributed by atoms with E-state index in [1.54, 1.807) is 19.1 Å². The third-order valence-corrected chi connectivity index (χ3v) is 6.49. The molecule has 2 heterocycles. The van der Waals surface area contributed by atoms with Gasteiger partial charge in [-0.25, -0.2) is 9.37 Å². The molecule has 2 aromatic heterocycles. The molecule has 2 aromatic carbocycles. The zero-order valence-corrected chi connectivity index (χ0v) is 20.9. The van der Waals surface area contributed by atoms with Gasteiger partial charge in [-0.1, -0.05) is 47.6 Å². The van der Waals surface area contributed by atoms with Crippen LogP contribution in [0.25, 0.3) is 0 Å². The standard InChI is InChI=1S/C28H25FN4O5/c1-15(31-27(35)24-25(37-16(2)34)20(36-3)13-14-30-24)26-32-28(38-33-26)23-21(17-7-5-4-6-8-17)22(23)18-9-11-19(29)12-10-18/h4-15,21-23H,1-3H3,(H,31,35)/t15-,21?,22?,23?/m0/s1.